The van der Waals surface area contributed by atoms with E-state index in [-0.39, 0.29) is 41.5 Å². The second-order valence-electron chi connectivity index (χ2n) is 12.5. The van der Waals surface area contributed by atoms with Crippen LogP contribution in [0.3, 0.4) is 0 Å². The summed E-state index contributed by atoms with van der Waals surface area (Å²) in [6.07, 6.45) is 0.920. The minimum atomic E-state index is -1.56. The summed E-state index contributed by atoms with van der Waals surface area (Å²) < 4.78 is 5.56. The Morgan fingerprint density at radius 3 is 2.15 bits per heavy atom. The molecule has 2 heterocycles. The molecule has 0 aliphatic rings. The molecule has 0 saturated carbocycles. The van der Waals surface area contributed by atoms with Crippen LogP contribution in [-0.2, 0) is 30.4 Å². The third-order valence-electron chi connectivity index (χ3n) is 8.05. The van der Waals surface area contributed by atoms with Crippen molar-refractivity contribution >= 4 is 52.1 Å². The van der Waals surface area contributed by atoms with Crippen molar-refractivity contribution < 1.29 is 43.2 Å². The number of aromatic amines is 1. The molecule has 0 aliphatic carbocycles. The topological polar surface area (TPSA) is 269 Å². The van der Waals surface area contributed by atoms with Gasteiger partial charge in [0.1, 0.15) is 29.9 Å². The maximum absolute atomic E-state index is 13.7. The lowest BCUT2D eigenvalue weighted by atomic mass is 10.00. The van der Waals surface area contributed by atoms with E-state index in [0.29, 0.717) is 5.56 Å². The van der Waals surface area contributed by atoms with Crippen molar-refractivity contribution in [1.29, 1.82) is 0 Å². The number of benzene rings is 2. The van der Waals surface area contributed by atoms with Gasteiger partial charge in [0.2, 0.25) is 23.6 Å². The first kappa shape index (κ1) is 38.3. The summed E-state index contributed by atoms with van der Waals surface area (Å²) in [5, 5.41) is 31.4. The van der Waals surface area contributed by atoms with Crippen LogP contribution in [0.5, 0.6) is 0 Å². The number of aromatic nitrogens is 1. The van der Waals surface area contributed by atoms with E-state index in [9.17, 15) is 44.0 Å². The predicted molar refractivity (Wildman–Crippen MR) is 186 cm³/mol. The number of hydrogen-bond donors (Lipinski definition) is 7. The van der Waals surface area contributed by atoms with Crippen LogP contribution in [0.2, 0.25) is 0 Å². The van der Waals surface area contributed by atoms with E-state index in [1.807, 2.05) is 26.0 Å². The maximum Gasteiger partial charge on any atom is 0.305 e. The number of carboxylic acid groups (broad SMARTS) is 1. The molecule has 4 rings (SSSR count). The Balaban J connectivity index is 1.49. The number of nitrogens with two attached hydrogens (primary N) is 1. The number of H-pyrrole nitrogens is 1. The van der Waals surface area contributed by atoms with Gasteiger partial charge < -0.3 is 41.5 Å². The van der Waals surface area contributed by atoms with Crippen LogP contribution in [0.1, 0.15) is 49.7 Å². The van der Waals surface area contributed by atoms with E-state index in [2.05, 4.69) is 26.3 Å². The van der Waals surface area contributed by atoms with Gasteiger partial charge in [-0.25, -0.2) is 0 Å². The Kier molecular flexibility index (Phi) is 12.5. The number of carbonyl (C=O) groups excluding carboxylic acids is 5. The second kappa shape index (κ2) is 16.9. The number of fused-ring (bicyclic) bond motifs is 1. The summed E-state index contributed by atoms with van der Waals surface area (Å²) in [4.78, 5) is 90.7. The standard InChI is InChI=1S/C35H39N7O10/c1-18(2)14-25(40-32(46)19(3)38-35(49)29-13-12-28(52-29)22-9-5-7-11-27(22)42(50)51)33(47)41-26(34(48)39-24(31(36)45)16-30(43)44)15-20-17-37-23-10-6-4-8-21(20)23/h4-13,17-19,24-26,37H,14-16H2,1-3H3,(H2,36,45)(H,38,49)(H,39,48)(H,40,46)(H,41,47)(H,43,44)/t19-,24-,25-,26-/m0/s1. The second-order valence-corrected chi connectivity index (χ2v) is 12.5. The zero-order valence-corrected chi connectivity index (χ0v) is 28.5. The van der Waals surface area contributed by atoms with Gasteiger partial charge in [0, 0.05) is 29.6 Å². The average molecular weight is 718 g/mol. The molecule has 0 fully saturated rings. The lowest BCUT2D eigenvalue weighted by Crippen LogP contribution is -2.58. The van der Waals surface area contributed by atoms with Gasteiger partial charge in [0.15, 0.2) is 5.76 Å². The third kappa shape index (κ3) is 9.80. The fourth-order valence-corrected chi connectivity index (χ4v) is 5.45. The van der Waals surface area contributed by atoms with Gasteiger partial charge in [0.25, 0.3) is 11.6 Å². The number of nitro benzene ring substituents is 1. The lowest BCUT2D eigenvalue weighted by Gasteiger charge is -2.26. The Hall–Kier alpha value is -6.52. The Labute approximate surface area is 296 Å². The summed E-state index contributed by atoms with van der Waals surface area (Å²) in [7, 11) is 0. The summed E-state index contributed by atoms with van der Waals surface area (Å²) in [6, 6.07) is 10.5. The number of furan rings is 1. The first-order valence-corrected chi connectivity index (χ1v) is 16.3. The predicted octanol–water partition coefficient (Wildman–Crippen LogP) is 2.16. The number of nitro groups is 1. The van der Waals surface area contributed by atoms with Gasteiger partial charge >= 0.3 is 5.97 Å². The van der Waals surface area contributed by atoms with E-state index in [1.54, 1.807) is 24.4 Å². The van der Waals surface area contributed by atoms with Gasteiger partial charge in [-0.15, -0.1) is 0 Å². The third-order valence-corrected chi connectivity index (χ3v) is 8.05. The van der Waals surface area contributed by atoms with E-state index in [0.717, 1.165) is 10.9 Å². The molecule has 2 aromatic carbocycles. The number of para-hydroxylation sites is 2. The average Bonchev–Trinajstić information content (AvgIpc) is 3.75. The first-order valence-electron chi connectivity index (χ1n) is 16.3. The SMILES string of the molecule is CC(C)C[C@H](NC(=O)[C@H](C)NC(=O)c1ccc(-c2ccccc2[N+](=O)[O-])o1)C(=O)N[C@@H](Cc1c[nH]c2ccccc12)C(=O)N[C@@H](CC(=O)O)C(N)=O. The maximum atomic E-state index is 13.7. The molecule has 0 unspecified atom stereocenters. The summed E-state index contributed by atoms with van der Waals surface area (Å²) >= 11 is 0. The molecule has 17 heteroatoms. The highest BCUT2D eigenvalue weighted by Gasteiger charge is 2.32. The van der Waals surface area contributed by atoms with E-state index < -0.39 is 71.0 Å². The number of aliphatic carboxylic acids is 1. The minimum absolute atomic E-state index is 0.0690. The molecule has 5 amide bonds. The van der Waals surface area contributed by atoms with Gasteiger partial charge in [-0.05, 0) is 49.1 Å². The Bertz CT molecular complexity index is 1980. The van der Waals surface area contributed by atoms with Gasteiger partial charge in [-0.2, -0.15) is 0 Å². The van der Waals surface area contributed by atoms with Crippen LogP contribution in [-0.4, -0.2) is 74.7 Å². The molecule has 0 saturated heterocycles. The molecule has 4 aromatic rings. The van der Waals surface area contributed by atoms with Crippen LogP contribution in [0.25, 0.3) is 22.2 Å². The Morgan fingerprint density at radius 1 is 0.846 bits per heavy atom. The number of carbonyl (C=O) groups is 6. The highest BCUT2D eigenvalue weighted by molar-refractivity contribution is 5.98. The van der Waals surface area contributed by atoms with E-state index >= 15 is 0 Å². The number of primary amides is 1. The fourth-order valence-electron chi connectivity index (χ4n) is 5.45. The number of nitrogens with one attached hydrogen (secondary N) is 5. The molecule has 52 heavy (non-hydrogen) atoms. The van der Waals surface area contributed by atoms with Gasteiger partial charge in [-0.1, -0.05) is 44.2 Å². The van der Waals surface area contributed by atoms with Crippen LogP contribution in [0.4, 0.5) is 5.69 Å². The van der Waals surface area contributed by atoms with E-state index in [4.69, 9.17) is 10.2 Å². The van der Waals surface area contributed by atoms with Crippen molar-refractivity contribution in [2.45, 2.75) is 64.2 Å². The molecule has 0 radical (unpaired) electrons. The smallest absolute Gasteiger partial charge is 0.305 e. The van der Waals surface area contributed by atoms with Crippen LogP contribution < -0.4 is 27.0 Å². The number of rotatable bonds is 17. The Morgan fingerprint density at radius 2 is 1.48 bits per heavy atom. The molecule has 0 aliphatic heterocycles. The summed E-state index contributed by atoms with van der Waals surface area (Å²) in [5.41, 5.74) is 6.66. The molecule has 17 nitrogen and oxygen atoms in total. The van der Waals surface area contributed by atoms with Crippen LogP contribution in [0, 0.1) is 16.0 Å². The summed E-state index contributed by atoms with van der Waals surface area (Å²) in [6.45, 7) is 4.99. The number of hydrogen-bond acceptors (Lipinski definition) is 9. The number of carboxylic acids is 1. The van der Waals surface area contributed by atoms with Crippen LogP contribution in [0.15, 0.2) is 71.3 Å². The normalized spacial score (nSPS) is 13.4. The monoisotopic (exact) mass is 717 g/mol. The quantitative estimate of drug-likeness (QED) is 0.0618. The highest BCUT2D eigenvalue weighted by Crippen LogP contribution is 2.31. The first-order chi connectivity index (χ1) is 24.6. The van der Waals surface area contributed by atoms with Crippen molar-refractivity contribution in [3.05, 3.63) is 88.3 Å². The molecule has 4 atom stereocenters. The van der Waals surface area contributed by atoms with Gasteiger partial charge in [-0.3, -0.25) is 38.9 Å². The molecule has 2 aromatic heterocycles. The van der Waals surface area contributed by atoms with Crippen molar-refractivity contribution in [2.75, 3.05) is 0 Å². The zero-order valence-electron chi connectivity index (χ0n) is 28.5. The largest absolute Gasteiger partial charge is 0.481 e. The minimum Gasteiger partial charge on any atom is -0.481 e. The van der Waals surface area contributed by atoms with Crippen molar-refractivity contribution in [1.82, 2.24) is 26.3 Å². The van der Waals surface area contributed by atoms with E-state index in [1.165, 1.54) is 37.3 Å². The lowest BCUT2D eigenvalue weighted by molar-refractivity contribution is -0.384. The van der Waals surface area contributed by atoms with Crippen molar-refractivity contribution in [3.63, 3.8) is 0 Å². The van der Waals surface area contributed by atoms with Gasteiger partial charge in [0.05, 0.1) is 16.9 Å². The van der Waals surface area contributed by atoms with Crippen molar-refractivity contribution in [2.24, 2.45) is 11.7 Å². The molecule has 0 spiro atoms. The fraction of sp³-hybridized carbons (Fsp3) is 0.314. The highest BCUT2D eigenvalue weighted by atomic mass is 16.6. The number of nitrogens with zero attached hydrogens (tertiary/aromatic N) is 1. The summed E-state index contributed by atoms with van der Waals surface area (Å²) in [5.74, 6) is -5.90. The number of amides is 5. The van der Waals surface area contributed by atoms with Crippen LogP contribution >= 0.6 is 0 Å². The van der Waals surface area contributed by atoms with Crippen molar-refractivity contribution in [3.8, 4) is 11.3 Å². The molecule has 274 valence electrons. The zero-order chi connectivity index (χ0) is 38.1. The molecule has 0 bridgehead atoms. The molecule has 8 N–H and O–H groups in total. The molecular weight excluding hydrogens is 678 g/mol. The molecular formula is C35H39N7O10.